The number of carbonyl (C=O) groups excluding carboxylic acids is 1. The van der Waals surface area contributed by atoms with Crippen LogP contribution in [0, 0.1) is 5.92 Å². The molecule has 0 unspecified atom stereocenters. The molecule has 0 saturated heterocycles. The highest BCUT2D eigenvalue weighted by atomic mass is 16.2. The Kier molecular flexibility index (Phi) is 6.72. The van der Waals surface area contributed by atoms with E-state index >= 15 is 0 Å². The zero-order valence-electron chi connectivity index (χ0n) is 14.1. The largest absolute Gasteiger partial charge is 0.395 e. The number of hydrogen-bond acceptors (Lipinski definition) is 3. The Morgan fingerprint density at radius 2 is 1.90 bits per heavy atom. The van der Waals surface area contributed by atoms with Crippen molar-refractivity contribution in [3.63, 3.8) is 0 Å². The summed E-state index contributed by atoms with van der Waals surface area (Å²) >= 11 is 0. The maximum Gasteiger partial charge on any atom is 0.276 e. The Morgan fingerprint density at radius 3 is 2.38 bits per heavy atom. The third-order valence-corrected chi connectivity index (χ3v) is 3.79. The van der Waals surface area contributed by atoms with Gasteiger partial charge in [0.2, 0.25) is 0 Å². The first-order valence-electron chi connectivity index (χ1n) is 8.09. The third-order valence-electron chi connectivity index (χ3n) is 3.79. The standard InChI is InChI=1S/C16H30N4O/c1-6-9-13-14(17)15(19-18-13)16(21)20(10-11(4)5)12(7-2)8-3/h11-12H,6-10,17H2,1-5H3,(H,18,19). The van der Waals surface area contributed by atoms with E-state index in [0.29, 0.717) is 17.3 Å². The number of aromatic nitrogens is 2. The van der Waals surface area contributed by atoms with Crippen LogP contribution < -0.4 is 5.73 Å². The van der Waals surface area contributed by atoms with Crippen molar-refractivity contribution in [2.75, 3.05) is 12.3 Å². The summed E-state index contributed by atoms with van der Waals surface area (Å²) < 4.78 is 0. The first-order valence-corrected chi connectivity index (χ1v) is 8.09. The average molecular weight is 294 g/mol. The topological polar surface area (TPSA) is 75.0 Å². The van der Waals surface area contributed by atoms with Crippen molar-refractivity contribution in [3.05, 3.63) is 11.4 Å². The highest BCUT2D eigenvalue weighted by Gasteiger charge is 2.27. The van der Waals surface area contributed by atoms with Crippen molar-refractivity contribution < 1.29 is 4.79 Å². The van der Waals surface area contributed by atoms with E-state index in [2.05, 4.69) is 44.8 Å². The van der Waals surface area contributed by atoms with E-state index in [4.69, 9.17) is 5.73 Å². The Morgan fingerprint density at radius 1 is 1.29 bits per heavy atom. The van der Waals surface area contributed by atoms with Gasteiger partial charge in [-0.3, -0.25) is 9.89 Å². The maximum atomic E-state index is 12.8. The molecule has 1 aromatic rings. The number of anilines is 1. The molecule has 1 heterocycles. The van der Waals surface area contributed by atoms with Crippen LogP contribution in [0.2, 0.25) is 0 Å². The van der Waals surface area contributed by atoms with Crippen LogP contribution >= 0.6 is 0 Å². The summed E-state index contributed by atoms with van der Waals surface area (Å²) in [6, 6.07) is 0.241. The maximum absolute atomic E-state index is 12.8. The zero-order valence-corrected chi connectivity index (χ0v) is 14.1. The predicted molar refractivity (Wildman–Crippen MR) is 87.2 cm³/mol. The number of nitrogens with zero attached hydrogens (tertiary/aromatic N) is 2. The van der Waals surface area contributed by atoms with Gasteiger partial charge in [0.1, 0.15) is 0 Å². The minimum Gasteiger partial charge on any atom is -0.395 e. The first-order chi connectivity index (χ1) is 9.96. The Balaban J connectivity index is 3.04. The van der Waals surface area contributed by atoms with Gasteiger partial charge in [-0.25, -0.2) is 0 Å². The van der Waals surface area contributed by atoms with E-state index in [1.807, 2.05) is 4.90 Å². The van der Waals surface area contributed by atoms with Crippen molar-refractivity contribution in [3.8, 4) is 0 Å². The van der Waals surface area contributed by atoms with Gasteiger partial charge in [0.25, 0.3) is 5.91 Å². The number of carbonyl (C=O) groups is 1. The lowest BCUT2D eigenvalue weighted by Gasteiger charge is -2.31. The molecule has 3 N–H and O–H groups in total. The average Bonchev–Trinajstić information content (AvgIpc) is 2.80. The normalized spacial score (nSPS) is 11.4. The lowest BCUT2D eigenvalue weighted by atomic mass is 10.1. The van der Waals surface area contributed by atoms with Crippen molar-refractivity contribution >= 4 is 11.6 Å². The predicted octanol–water partition coefficient (Wildman–Crippen LogP) is 3.23. The summed E-state index contributed by atoms with van der Waals surface area (Å²) in [5.74, 6) is 0.373. The highest BCUT2D eigenvalue weighted by Crippen LogP contribution is 2.21. The molecule has 0 aliphatic carbocycles. The smallest absolute Gasteiger partial charge is 0.276 e. The zero-order chi connectivity index (χ0) is 16.0. The molecule has 0 aliphatic rings. The van der Waals surface area contributed by atoms with Crippen LogP contribution in [0.3, 0.4) is 0 Å². The summed E-state index contributed by atoms with van der Waals surface area (Å²) in [6.07, 6.45) is 3.69. The number of nitrogens with two attached hydrogens (primary N) is 1. The minimum atomic E-state index is -0.0477. The number of rotatable bonds is 8. The fraction of sp³-hybridized carbons (Fsp3) is 0.750. The van der Waals surface area contributed by atoms with Crippen LogP contribution in [0.4, 0.5) is 5.69 Å². The molecule has 0 aliphatic heterocycles. The second-order valence-electron chi connectivity index (χ2n) is 6.04. The molecule has 21 heavy (non-hydrogen) atoms. The van der Waals surface area contributed by atoms with E-state index < -0.39 is 0 Å². The van der Waals surface area contributed by atoms with Crippen LogP contribution in [-0.4, -0.2) is 33.6 Å². The fourth-order valence-corrected chi connectivity index (χ4v) is 2.65. The summed E-state index contributed by atoms with van der Waals surface area (Å²) in [4.78, 5) is 14.8. The second-order valence-corrected chi connectivity index (χ2v) is 6.04. The Labute approximate surface area is 128 Å². The van der Waals surface area contributed by atoms with Crippen LogP contribution in [0.15, 0.2) is 0 Å². The van der Waals surface area contributed by atoms with Crippen molar-refractivity contribution in [2.45, 2.75) is 66.3 Å². The summed E-state index contributed by atoms with van der Waals surface area (Å²) in [5, 5.41) is 7.09. The molecule has 5 nitrogen and oxygen atoms in total. The van der Waals surface area contributed by atoms with Gasteiger partial charge in [-0.05, 0) is 25.2 Å². The molecule has 0 atom stereocenters. The minimum absolute atomic E-state index is 0.0477. The van der Waals surface area contributed by atoms with Crippen molar-refractivity contribution in [1.29, 1.82) is 0 Å². The van der Waals surface area contributed by atoms with E-state index in [1.54, 1.807) is 0 Å². The van der Waals surface area contributed by atoms with Crippen LogP contribution in [0.1, 0.15) is 70.1 Å². The lowest BCUT2D eigenvalue weighted by molar-refractivity contribution is 0.0635. The quantitative estimate of drug-likeness (QED) is 0.773. The SMILES string of the molecule is CCCc1[nH]nc(C(=O)N(CC(C)C)C(CC)CC)c1N. The summed E-state index contributed by atoms with van der Waals surface area (Å²) in [6.45, 7) is 11.3. The molecule has 1 aromatic heterocycles. The molecule has 5 heteroatoms. The van der Waals surface area contributed by atoms with E-state index in [-0.39, 0.29) is 11.9 Å². The number of aryl methyl sites for hydroxylation is 1. The number of amides is 1. The van der Waals surface area contributed by atoms with Crippen molar-refractivity contribution in [1.82, 2.24) is 15.1 Å². The van der Waals surface area contributed by atoms with E-state index in [1.165, 1.54) is 0 Å². The molecular formula is C16H30N4O. The summed E-state index contributed by atoms with van der Waals surface area (Å²) in [7, 11) is 0. The Bertz CT molecular complexity index is 449. The molecule has 0 radical (unpaired) electrons. The number of aromatic amines is 1. The first kappa shape index (κ1) is 17.5. The number of nitrogens with one attached hydrogen (secondary N) is 1. The van der Waals surface area contributed by atoms with Crippen LogP contribution in [0.25, 0.3) is 0 Å². The summed E-state index contributed by atoms with van der Waals surface area (Å²) in [5.41, 5.74) is 7.87. The lowest BCUT2D eigenvalue weighted by Crippen LogP contribution is -2.42. The third kappa shape index (κ3) is 4.22. The van der Waals surface area contributed by atoms with Crippen LogP contribution in [-0.2, 0) is 6.42 Å². The molecule has 0 spiro atoms. The van der Waals surface area contributed by atoms with Gasteiger partial charge >= 0.3 is 0 Å². The fourth-order valence-electron chi connectivity index (χ4n) is 2.65. The molecule has 120 valence electrons. The van der Waals surface area contributed by atoms with Gasteiger partial charge in [-0.1, -0.05) is 41.0 Å². The molecule has 0 fully saturated rings. The van der Waals surface area contributed by atoms with Gasteiger partial charge in [0.05, 0.1) is 11.4 Å². The van der Waals surface area contributed by atoms with Gasteiger partial charge in [-0.15, -0.1) is 0 Å². The van der Waals surface area contributed by atoms with Gasteiger partial charge in [0.15, 0.2) is 5.69 Å². The molecule has 1 rings (SSSR count). The van der Waals surface area contributed by atoms with E-state index in [0.717, 1.165) is 37.9 Å². The molecule has 0 aromatic carbocycles. The number of H-pyrrole nitrogens is 1. The molecule has 1 amide bonds. The number of hydrogen-bond donors (Lipinski definition) is 2. The molecule has 0 saturated carbocycles. The highest BCUT2D eigenvalue weighted by molar-refractivity contribution is 5.97. The van der Waals surface area contributed by atoms with Crippen LogP contribution in [0.5, 0.6) is 0 Å². The molecule has 0 bridgehead atoms. The second kappa shape index (κ2) is 8.05. The van der Waals surface area contributed by atoms with Gasteiger partial charge < -0.3 is 10.6 Å². The Hall–Kier alpha value is -1.52. The molecular weight excluding hydrogens is 264 g/mol. The van der Waals surface area contributed by atoms with Crippen molar-refractivity contribution in [2.24, 2.45) is 5.92 Å². The van der Waals surface area contributed by atoms with E-state index in [9.17, 15) is 4.79 Å². The van der Waals surface area contributed by atoms with Gasteiger partial charge in [0, 0.05) is 12.6 Å². The monoisotopic (exact) mass is 294 g/mol. The number of nitrogen functional groups attached to an aromatic ring is 1. The van der Waals surface area contributed by atoms with Gasteiger partial charge in [-0.2, -0.15) is 5.10 Å².